The third kappa shape index (κ3) is 3.57. The van der Waals surface area contributed by atoms with Crippen LogP contribution in [0.1, 0.15) is 38.5 Å². The van der Waals surface area contributed by atoms with Crippen molar-refractivity contribution >= 4 is 15.9 Å². The summed E-state index contributed by atoms with van der Waals surface area (Å²) in [5.74, 6) is 1.01. The molecule has 0 amide bonds. The topological polar surface area (TPSA) is 28.4 Å². The Morgan fingerprint density at radius 1 is 1.59 bits per heavy atom. The smallest absolute Gasteiger partial charge is 0.169 e. The molecule has 1 N–H and O–H groups in total. The third-order valence-electron chi connectivity index (χ3n) is 3.46. The van der Waals surface area contributed by atoms with E-state index < -0.39 is 0 Å². The molecular formula is C13H21BrN2O. The molecule has 2 unspecified atom stereocenters. The number of halogens is 1. The van der Waals surface area contributed by atoms with Crippen LogP contribution in [-0.4, -0.2) is 30.6 Å². The average molecular weight is 301 g/mol. The standard InChI is InChI=1S/C13H21BrN2O/c1-3-16-8-4-5-11(9-16)15-10(2)12-6-7-13(14)17-12/h6-7,10-11,15H,3-5,8-9H2,1-2H3. The maximum absolute atomic E-state index is 5.58. The first-order valence-electron chi connectivity index (χ1n) is 6.42. The Balaban J connectivity index is 1.87. The second-order valence-electron chi connectivity index (χ2n) is 4.76. The molecule has 1 aliphatic rings. The molecular weight excluding hydrogens is 280 g/mol. The van der Waals surface area contributed by atoms with Gasteiger partial charge in [0.05, 0.1) is 6.04 Å². The number of furan rings is 1. The zero-order valence-corrected chi connectivity index (χ0v) is 12.2. The van der Waals surface area contributed by atoms with Crippen molar-refractivity contribution in [1.29, 1.82) is 0 Å². The molecule has 3 nitrogen and oxygen atoms in total. The monoisotopic (exact) mass is 300 g/mol. The highest BCUT2D eigenvalue weighted by atomic mass is 79.9. The van der Waals surface area contributed by atoms with Gasteiger partial charge in [-0.2, -0.15) is 0 Å². The lowest BCUT2D eigenvalue weighted by Crippen LogP contribution is -2.46. The van der Waals surface area contributed by atoms with E-state index in [9.17, 15) is 0 Å². The minimum atomic E-state index is 0.281. The Hall–Kier alpha value is -0.320. The second-order valence-corrected chi connectivity index (χ2v) is 5.54. The van der Waals surface area contributed by atoms with Gasteiger partial charge in [0.2, 0.25) is 0 Å². The highest BCUT2D eigenvalue weighted by Crippen LogP contribution is 2.21. The zero-order valence-electron chi connectivity index (χ0n) is 10.6. The van der Waals surface area contributed by atoms with Crippen molar-refractivity contribution in [3.8, 4) is 0 Å². The molecule has 0 aromatic carbocycles. The maximum atomic E-state index is 5.58. The van der Waals surface area contributed by atoms with Gasteiger partial charge in [0, 0.05) is 12.6 Å². The van der Waals surface area contributed by atoms with Crippen LogP contribution in [0.3, 0.4) is 0 Å². The minimum absolute atomic E-state index is 0.281. The van der Waals surface area contributed by atoms with Gasteiger partial charge < -0.3 is 14.6 Å². The van der Waals surface area contributed by atoms with Crippen LogP contribution in [0.4, 0.5) is 0 Å². The van der Waals surface area contributed by atoms with E-state index in [-0.39, 0.29) is 6.04 Å². The van der Waals surface area contributed by atoms with Crippen LogP contribution < -0.4 is 5.32 Å². The van der Waals surface area contributed by atoms with Gasteiger partial charge in [-0.25, -0.2) is 0 Å². The van der Waals surface area contributed by atoms with Crippen molar-refractivity contribution in [3.63, 3.8) is 0 Å². The van der Waals surface area contributed by atoms with Gasteiger partial charge >= 0.3 is 0 Å². The Kier molecular flexibility index (Phi) is 4.65. The fourth-order valence-corrected chi connectivity index (χ4v) is 2.79. The first kappa shape index (κ1) is 13.1. The molecule has 17 heavy (non-hydrogen) atoms. The lowest BCUT2D eigenvalue weighted by molar-refractivity contribution is 0.188. The molecule has 1 saturated heterocycles. The molecule has 2 rings (SSSR count). The molecule has 1 aromatic rings. The van der Waals surface area contributed by atoms with E-state index >= 15 is 0 Å². The summed E-state index contributed by atoms with van der Waals surface area (Å²) in [5.41, 5.74) is 0. The summed E-state index contributed by atoms with van der Waals surface area (Å²) in [6.07, 6.45) is 2.56. The van der Waals surface area contributed by atoms with Crippen molar-refractivity contribution in [2.45, 2.75) is 38.8 Å². The van der Waals surface area contributed by atoms with Crippen LogP contribution >= 0.6 is 15.9 Å². The molecule has 0 spiro atoms. The first-order valence-corrected chi connectivity index (χ1v) is 7.22. The number of likely N-dealkylation sites (tertiary alicyclic amines) is 1. The Morgan fingerprint density at radius 2 is 2.41 bits per heavy atom. The lowest BCUT2D eigenvalue weighted by Gasteiger charge is -2.33. The van der Waals surface area contributed by atoms with E-state index in [0.717, 1.165) is 23.5 Å². The van der Waals surface area contributed by atoms with Gasteiger partial charge in [-0.3, -0.25) is 0 Å². The minimum Gasteiger partial charge on any atom is -0.453 e. The molecule has 2 heterocycles. The van der Waals surface area contributed by atoms with Gasteiger partial charge in [-0.1, -0.05) is 6.92 Å². The predicted molar refractivity (Wildman–Crippen MR) is 73.1 cm³/mol. The SMILES string of the molecule is CCN1CCCC(NC(C)c2ccc(Br)o2)C1. The molecule has 0 radical (unpaired) electrons. The Labute approximate surface area is 112 Å². The van der Waals surface area contributed by atoms with Crippen molar-refractivity contribution in [3.05, 3.63) is 22.6 Å². The largest absolute Gasteiger partial charge is 0.453 e. The summed E-state index contributed by atoms with van der Waals surface area (Å²) in [6.45, 7) is 7.95. The second kappa shape index (κ2) is 6.03. The van der Waals surface area contributed by atoms with Crippen LogP contribution in [0.15, 0.2) is 21.2 Å². The molecule has 0 saturated carbocycles. The van der Waals surface area contributed by atoms with E-state index in [4.69, 9.17) is 4.42 Å². The zero-order chi connectivity index (χ0) is 12.3. The molecule has 1 aromatic heterocycles. The summed E-state index contributed by atoms with van der Waals surface area (Å²) in [4.78, 5) is 2.51. The summed E-state index contributed by atoms with van der Waals surface area (Å²) in [7, 11) is 0. The number of rotatable bonds is 4. The summed E-state index contributed by atoms with van der Waals surface area (Å²) in [5, 5.41) is 3.66. The van der Waals surface area contributed by atoms with Crippen LogP contribution in [0, 0.1) is 0 Å². The van der Waals surface area contributed by atoms with Crippen LogP contribution in [0.25, 0.3) is 0 Å². The number of nitrogens with zero attached hydrogens (tertiary/aromatic N) is 1. The van der Waals surface area contributed by atoms with E-state index in [0.29, 0.717) is 6.04 Å². The first-order chi connectivity index (χ1) is 8.19. The molecule has 4 heteroatoms. The summed E-state index contributed by atoms with van der Waals surface area (Å²) < 4.78 is 6.39. The van der Waals surface area contributed by atoms with E-state index in [2.05, 4.69) is 40.0 Å². The Morgan fingerprint density at radius 3 is 3.06 bits per heavy atom. The molecule has 96 valence electrons. The maximum Gasteiger partial charge on any atom is 0.169 e. The number of nitrogens with one attached hydrogen (secondary N) is 1. The number of piperidine rings is 1. The summed E-state index contributed by atoms with van der Waals surface area (Å²) >= 11 is 3.34. The van der Waals surface area contributed by atoms with Crippen molar-refractivity contribution in [2.75, 3.05) is 19.6 Å². The van der Waals surface area contributed by atoms with Gasteiger partial charge in [0.1, 0.15) is 5.76 Å². The average Bonchev–Trinajstić information content (AvgIpc) is 2.76. The van der Waals surface area contributed by atoms with Crippen LogP contribution in [-0.2, 0) is 0 Å². The molecule has 1 aliphatic heterocycles. The highest BCUT2D eigenvalue weighted by molar-refractivity contribution is 9.10. The Bertz CT molecular complexity index is 353. The van der Waals surface area contributed by atoms with Gasteiger partial charge in [0.25, 0.3) is 0 Å². The van der Waals surface area contributed by atoms with E-state index in [1.165, 1.54) is 19.4 Å². The van der Waals surface area contributed by atoms with Crippen molar-refractivity contribution in [2.24, 2.45) is 0 Å². The molecule has 1 fully saturated rings. The normalized spacial score (nSPS) is 23.8. The quantitative estimate of drug-likeness (QED) is 0.926. The molecule has 0 bridgehead atoms. The van der Waals surface area contributed by atoms with Crippen molar-refractivity contribution < 1.29 is 4.42 Å². The molecule has 0 aliphatic carbocycles. The predicted octanol–water partition coefficient (Wildman–Crippen LogP) is 3.18. The fraction of sp³-hybridized carbons (Fsp3) is 0.692. The van der Waals surface area contributed by atoms with Crippen molar-refractivity contribution in [1.82, 2.24) is 10.2 Å². The van der Waals surface area contributed by atoms with E-state index in [1.54, 1.807) is 0 Å². The van der Waals surface area contributed by atoms with Crippen LogP contribution in [0.5, 0.6) is 0 Å². The number of likely N-dealkylation sites (N-methyl/N-ethyl adjacent to an activating group) is 1. The third-order valence-corrected chi connectivity index (χ3v) is 3.89. The highest BCUT2D eigenvalue weighted by Gasteiger charge is 2.21. The van der Waals surface area contributed by atoms with Gasteiger partial charge in [-0.05, 0) is 60.9 Å². The number of hydrogen-bond donors (Lipinski definition) is 1. The van der Waals surface area contributed by atoms with Gasteiger partial charge in [0.15, 0.2) is 4.67 Å². The van der Waals surface area contributed by atoms with Crippen LogP contribution in [0.2, 0.25) is 0 Å². The molecule has 2 atom stereocenters. The lowest BCUT2D eigenvalue weighted by atomic mass is 10.0. The van der Waals surface area contributed by atoms with E-state index in [1.807, 2.05) is 12.1 Å². The number of hydrogen-bond acceptors (Lipinski definition) is 3. The van der Waals surface area contributed by atoms with Gasteiger partial charge in [-0.15, -0.1) is 0 Å². The summed E-state index contributed by atoms with van der Waals surface area (Å²) in [6, 6.07) is 4.85. The fourth-order valence-electron chi connectivity index (χ4n) is 2.48.